The molecule has 3 aliphatic rings. The van der Waals surface area contributed by atoms with Gasteiger partial charge < -0.3 is 19.6 Å². The summed E-state index contributed by atoms with van der Waals surface area (Å²) in [4.78, 5) is 35.2. The largest absolute Gasteiger partial charge is 0.387 e. The fourth-order valence-corrected chi connectivity index (χ4v) is 6.37. The van der Waals surface area contributed by atoms with Crippen molar-refractivity contribution in [1.29, 1.82) is 0 Å². The Bertz CT molecular complexity index is 1340. The van der Waals surface area contributed by atoms with Crippen LogP contribution in [0.5, 0.6) is 0 Å². The van der Waals surface area contributed by atoms with E-state index in [0.29, 0.717) is 45.0 Å². The van der Waals surface area contributed by atoms with Gasteiger partial charge in [-0.3, -0.25) is 9.36 Å². The lowest BCUT2D eigenvalue weighted by molar-refractivity contribution is -0.175. The van der Waals surface area contributed by atoms with E-state index in [-0.39, 0.29) is 24.2 Å². The van der Waals surface area contributed by atoms with Gasteiger partial charge in [-0.25, -0.2) is 9.78 Å². The Balaban J connectivity index is 1.20. The number of amides is 2. The summed E-state index contributed by atoms with van der Waals surface area (Å²) in [6.07, 6.45) is 4.65. The van der Waals surface area contributed by atoms with Crippen LogP contribution in [0.1, 0.15) is 37.3 Å². The molecule has 198 valence electrons. The van der Waals surface area contributed by atoms with E-state index in [2.05, 4.69) is 4.98 Å². The van der Waals surface area contributed by atoms with Crippen LogP contribution < -0.4 is 5.56 Å². The van der Waals surface area contributed by atoms with Crippen molar-refractivity contribution in [1.82, 2.24) is 19.4 Å². The number of aliphatic hydroxyl groups is 1. The molecule has 8 heteroatoms. The number of likely N-dealkylation sites (tertiary alicyclic amines) is 1. The van der Waals surface area contributed by atoms with E-state index in [1.807, 2.05) is 70.5 Å². The number of morpholine rings is 1. The van der Waals surface area contributed by atoms with Crippen LogP contribution in [0.15, 0.2) is 77.9 Å². The van der Waals surface area contributed by atoms with E-state index in [4.69, 9.17) is 4.74 Å². The highest BCUT2D eigenvalue weighted by molar-refractivity contribution is 5.75. The zero-order valence-corrected chi connectivity index (χ0v) is 21.5. The molecule has 2 atom stereocenters. The molecule has 3 heterocycles. The van der Waals surface area contributed by atoms with E-state index in [0.717, 1.165) is 30.4 Å². The molecule has 1 spiro atoms. The van der Waals surface area contributed by atoms with E-state index in [9.17, 15) is 14.7 Å². The summed E-state index contributed by atoms with van der Waals surface area (Å²) in [5, 5.41) is 12.0. The molecule has 0 bridgehead atoms. The van der Waals surface area contributed by atoms with E-state index in [1.54, 1.807) is 6.33 Å². The van der Waals surface area contributed by atoms with Crippen LogP contribution in [0.3, 0.4) is 0 Å². The fraction of sp³-hybridized carbons (Fsp3) is 0.433. The Kier molecular flexibility index (Phi) is 6.53. The Labute approximate surface area is 222 Å². The van der Waals surface area contributed by atoms with Crippen LogP contribution in [0.4, 0.5) is 4.79 Å². The van der Waals surface area contributed by atoms with Crippen LogP contribution in [-0.2, 0) is 11.3 Å². The normalized spacial score (nSPS) is 24.7. The van der Waals surface area contributed by atoms with E-state index >= 15 is 0 Å². The van der Waals surface area contributed by atoms with Gasteiger partial charge in [0, 0.05) is 36.7 Å². The maximum absolute atomic E-state index is 13.8. The second-order valence-corrected chi connectivity index (χ2v) is 10.9. The van der Waals surface area contributed by atoms with Crippen LogP contribution in [0, 0.1) is 5.41 Å². The highest BCUT2D eigenvalue weighted by atomic mass is 16.5. The number of piperidine rings is 1. The van der Waals surface area contributed by atoms with Crippen LogP contribution in [0.25, 0.3) is 11.3 Å². The number of hydrogen-bond donors (Lipinski definition) is 1. The Morgan fingerprint density at radius 1 is 1.03 bits per heavy atom. The van der Waals surface area contributed by atoms with Gasteiger partial charge in [0.1, 0.15) is 0 Å². The summed E-state index contributed by atoms with van der Waals surface area (Å²) in [6, 6.07) is 21.0. The number of hydrogen-bond acceptors (Lipinski definition) is 5. The van der Waals surface area contributed by atoms with Gasteiger partial charge in [0.25, 0.3) is 5.56 Å². The second kappa shape index (κ2) is 10.0. The summed E-state index contributed by atoms with van der Waals surface area (Å²) in [6.45, 7) is 2.66. The van der Waals surface area contributed by atoms with Crippen molar-refractivity contribution in [3.05, 3.63) is 89.0 Å². The number of carbonyl (C=O) groups is 1. The standard InChI is InChI=1S/C30H34N4O4/c35-27-18-25(23-8-3-1-4-9-23)31-22-33(27)21-30(37)14-15-32(20-29(30)12-7-13-29)28(36)34-16-17-38-19-26(34)24-10-5-2-6-11-24/h1-6,8-11,18,22,26,37H,7,12-17,19-21H2/t26-,30?/m0/s1. The number of rotatable bonds is 4. The quantitative estimate of drug-likeness (QED) is 0.574. The maximum atomic E-state index is 13.8. The first-order chi connectivity index (χ1) is 18.5. The predicted octanol–water partition coefficient (Wildman–Crippen LogP) is 3.71. The first-order valence-electron chi connectivity index (χ1n) is 13.5. The third-order valence-electron chi connectivity index (χ3n) is 8.80. The van der Waals surface area contributed by atoms with E-state index < -0.39 is 11.0 Å². The first kappa shape index (κ1) is 24.8. The molecular weight excluding hydrogens is 480 g/mol. The van der Waals surface area contributed by atoms with Crippen molar-refractivity contribution in [3.63, 3.8) is 0 Å². The molecule has 1 aliphatic carbocycles. The van der Waals surface area contributed by atoms with Crippen molar-refractivity contribution in [2.24, 2.45) is 5.41 Å². The van der Waals surface area contributed by atoms with Crippen LogP contribution >= 0.6 is 0 Å². The lowest BCUT2D eigenvalue weighted by Gasteiger charge is -2.59. The smallest absolute Gasteiger partial charge is 0.320 e. The second-order valence-electron chi connectivity index (χ2n) is 10.9. The Hall–Kier alpha value is -3.49. The number of nitrogens with zero attached hydrogens (tertiary/aromatic N) is 4. The lowest BCUT2D eigenvalue weighted by Crippen LogP contribution is -2.67. The molecule has 0 radical (unpaired) electrons. The minimum absolute atomic E-state index is 0.00141. The summed E-state index contributed by atoms with van der Waals surface area (Å²) >= 11 is 0. The van der Waals surface area contributed by atoms with Gasteiger partial charge in [-0.1, -0.05) is 67.1 Å². The molecule has 2 amide bonds. The molecule has 1 unspecified atom stereocenters. The predicted molar refractivity (Wildman–Crippen MR) is 143 cm³/mol. The number of carbonyl (C=O) groups excluding carboxylic acids is 1. The third-order valence-corrected chi connectivity index (χ3v) is 8.80. The summed E-state index contributed by atoms with van der Waals surface area (Å²) in [5.74, 6) is 0. The number of ether oxygens (including phenoxy) is 1. The molecule has 3 aromatic rings. The van der Waals surface area contributed by atoms with Crippen molar-refractivity contribution in [2.45, 2.75) is 43.9 Å². The van der Waals surface area contributed by atoms with Crippen molar-refractivity contribution in [3.8, 4) is 11.3 Å². The topological polar surface area (TPSA) is 87.9 Å². The molecule has 1 saturated carbocycles. The summed E-state index contributed by atoms with van der Waals surface area (Å²) in [5.41, 5.74) is 0.891. The van der Waals surface area contributed by atoms with Gasteiger partial charge in [0.15, 0.2) is 0 Å². The molecule has 2 aromatic carbocycles. The van der Waals surface area contributed by atoms with Gasteiger partial charge >= 0.3 is 6.03 Å². The Morgan fingerprint density at radius 3 is 2.45 bits per heavy atom. The zero-order valence-electron chi connectivity index (χ0n) is 21.5. The minimum atomic E-state index is -1.08. The highest BCUT2D eigenvalue weighted by Crippen LogP contribution is 2.54. The van der Waals surface area contributed by atoms with Gasteiger partial charge in [-0.15, -0.1) is 0 Å². The molecule has 2 aliphatic heterocycles. The van der Waals surface area contributed by atoms with E-state index in [1.165, 1.54) is 10.6 Å². The van der Waals surface area contributed by atoms with Crippen molar-refractivity contribution in [2.75, 3.05) is 32.8 Å². The molecule has 8 nitrogen and oxygen atoms in total. The zero-order chi connectivity index (χ0) is 26.2. The van der Waals surface area contributed by atoms with Gasteiger partial charge in [0.05, 0.1) is 43.4 Å². The van der Waals surface area contributed by atoms with Gasteiger partial charge in [-0.2, -0.15) is 0 Å². The molecule has 3 fully saturated rings. The maximum Gasteiger partial charge on any atom is 0.320 e. The van der Waals surface area contributed by atoms with Gasteiger partial charge in [0.2, 0.25) is 0 Å². The van der Waals surface area contributed by atoms with Crippen molar-refractivity contribution < 1.29 is 14.6 Å². The first-order valence-corrected chi connectivity index (χ1v) is 13.5. The average Bonchev–Trinajstić information content (AvgIpc) is 2.94. The van der Waals surface area contributed by atoms with Crippen molar-refractivity contribution >= 4 is 6.03 Å². The molecule has 2 saturated heterocycles. The van der Waals surface area contributed by atoms with Crippen LogP contribution in [0.2, 0.25) is 0 Å². The average molecular weight is 515 g/mol. The molecule has 6 rings (SSSR count). The molecular formula is C30H34N4O4. The minimum Gasteiger partial charge on any atom is -0.387 e. The number of urea groups is 1. The number of aromatic nitrogens is 2. The van der Waals surface area contributed by atoms with Gasteiger partial charge in [-0.05, 0) is 24.8 Å². The third kappa shape index (κ3) is 4.41. The summed E-state index contributed by atoms with van der Waals surface area (Å²) < 4.78 is 7.26. The monoisotopic (exact) mass is 514 g/mol. The molecule has 1 aromatic heterocycles. The Morgan fingerprint density at radius 2 is 1.76 bits per heavy atom. The highest BCUT2D eigenvalue weighted by Gasteiger charge is 2.58. The summed E-state index contributed by atoms with van der Waals surface area (Å²) in [7, 11) is 0. The SMILES string of the molecule is O=C(N1CCC(O)(Cn2cnc(-c3ccccc3)cc2=O)C2(CCC2)C1)N1CCOC[C@H]1c1ccccc1. The van der Waals surface area contributed by atoms with Crippen LogP contribution in [-0.4, -0.2) is 68.9 Å². The fourth-order valence-electron chi connectivity index (χ4n) is 6.37. The molecule has 38 heavy (non-hydrogen) atoms. The lowest BCUT2D eigenvalue weighted by atomic mass is 9.55. The number of benzene rings is 2. The molecule has 1 N–H and O–H groups in total.